The van der Waals surface area contributed by atoms with Gasteiger partial charge in [0.15, 0.2) is 11.5 Å². The third kappa shape index (κ3) is 4.82. The number of piperazine rings is 1. The van der Waals surface area contributed by atoms with E-state index in [1.54, 1.807) is 22.8 Å². The van der Waals surface area contributed by atoms with Crippen molar-refractivity contribution >= 4 is 23.5 Å². The van der Waals surface area contributed by atoms with E-state index in [4.69, 9.17) is 4.74 Å². The number of ether oxygens (including phenoxy) is 1. The molecule has 1 aliphatic rings. The number of anilines is 2. The average molecular weight is 397 g/mol. The fraction of sp³-hybridized carbons (Fsp3) is 0.429. The normalized spacial score (nSPS) is 13.9. The van der Waals surface area contributed by atoms with E-state index in [0.29, 0.717) is 44.3 Å². The molecule has 0 unspecified atom stereocenters. The molecule has 0 radical (unpaired) electrons. The highest BCUT2D eigenvalue weighted by molar-refractivity contribution is 5.92. The second kappa shape index (κ2) is 9.36. The van der Waals surface area contributed by atoms with E-state index >= 15 is 0 Å². The Labute approximate surface area is 171 Å². The Morgan fingerprint density at radius 2 is 1.76 bits per heavy atom. The number of nitrogens with zero attached hydrogens (tertiary/aromatic N) is 5. The van der Waals surface area contributed by atoms with E-state index in [-0.39, 0.29) is 12.0 Å². The summed E-state index contributed by atoms with van der Waals surface area (Å²) < 4.78 is 5.01. The fourth-order valence-electron chi connectivity index (χ4n) is 3.32. The second-order valence-electron chi connectivity index (χ2n) is 6.84. The molecule has 2 heterocycles. The summed E-state index contributed by atoms with van der Waals surface area (Å²) in [6.07, 6.45) is -0.334. The Balaban J connectivity index is 1.65. The predicted octanol–water partition coefficient (Wildman–Crippen LogP) is 2.86. The van der Waals surface area contributed by atoms with Crippen LogP contribution in [0, 0.1) is 6.92 Å². The molecule has 0 N–H and O–H groups in total. The number of aryl methyl sites for hydroxylation is 1. The molecule has 1 aromatic carbocycles. The number of carbonyl (C=O) groups is 2. The van der Waals surface area contributed by atoms with Gasteiger partial charge in [-0.15, -0.1) is 10.2 Å². The first-order valence-corrected chi connectivity index (χ1v) is 9.92. The molecule has 1 aromatic heterocycles. The zero-order chi connectivity index (χ0) is 20.8. The van der Waals surface area contributed by atoms with Gasteiger partial charge in [0.25, 0.3) is 5.91 Å². The predicted molar refractivity (Wildman–Crippen MR) is 110 cm³/mol. The maximum absolute atomic E-state index is 12.7. The monoisotopic (exact) mass is 397 g/mol. The van der Waals surface area contributed by atoms with Gasteiger partial charge in [0, 0.05) is 38.4 Å². The average Bonchev–Trinajstić information content (AvgIpc) is 2.75. The van der Waals surface area contributed by atoms with Crippen molar-refractivity contribution in [2.45, 2.75) is 20.8 Å². The molecule has 0 aliphatic carbocycles. The molecule has 2 amide bonds. The van der Waals surface area contributed by atoms with Crippen LogP contribution in [0.4, 0.5) is 16.3 Å². The van der Waals surface area contributed by atoms with Gasteiger partial charge in [0.05, 0.1) is 6.61 Å². The number of benzene rings is 1. The third-order valence-corrected chi connectivity index (χ3v) is 4.87. The van der Waals surface area contributed by atoms with Crippen molar-refractivity contribution in [3.8, 4) is 0 Å². The van der Waals surface area contributed by atoms with Gasteiger partial charge in [-0.05, 0) is 50.6 Å². The van der Waals surface area contributed by atoms with E-state index < -0.39 is 0 Å². The van der Waals surface area contributed by atoms with Crippen LogP contribution in [0.15, 0.2) is 36.4 Å². The molecule has 8 heteroatoms. The minimum atomic E-state index is -0.334. The van der Waals surface area contributed by atoms with Gasteiger partial charge in [-0.25, -0.2) is 4.79 Å². The van der Waals surface area contributed by atoms with Gasteiger partial charge < -0.3 is 19.4 Å². The summed E-state index contributed by atoms with van der Waals surface area (Å²) in [4.78, 5) is 29.9. The highest BCUT2D eigenvalue weighted by Crippen LogP contribution is 2.23. The lowest BCUT2D eigenvalue weighted by Crippen LogP contribution is -2.50. The van der Waals surface area contributed by atoms with E-state index in [0.717, 1.165) is 12.2 Å². The lowest BCUT2D eigenvalue weighted by atomic mass is 10.2. The Morgan fingerprint density at radius 3 is 2.34 bits per heavy atom. The van der Waals surface area contributed by atoms with Crippen LogP contribution in [0.3, 0.4) is 0 Å². The van der Waals surface area contributed by atoms with Gasteiger partial charge in [-0.3, -0.25) is 4.79 Å². The number of aromatic nitrogens is 2. The number of rotatable bonds is 5. The summed E-state index contributed by atoms with van der Waals surface area (Å²) in [5.74, 6) is 0.521. The SMILES string of the molecule is CCOC(=O)N1CCN(C(=O)c2ccc(N(CC)c3cccc(C)c3)nn2)CC1. The molecule has 0 spiro atoms. The van der Waals surface area contributed by atoms with Gasteiger partial charge in [0.2, 0.25) is 0 Å². The highest BCUT2D eigenvalue weighted by atomic mass is 16.6. The molecule has 0 bridgehead atoms. The first-order valence-electron chi connectivity index (χ1n) is 9.92. The molecule has 8 nitrogen and oxygen atoms in total. The molecule has 3 rings (SSSR count). The molecule has 1 fully saturated rings. The van der Waals surface area contributed by atoms with Crippen LogP contribution in [0.2, 0.25) is 0 Å². The van der Waals surface area contributed by atoms with Crippen molar-refractivity contribution in [2.24, 2.45) is 0 Å². The lowest BCUT2D eigenvalue weighted by Gasteiger charge is -2.33. The maximum Gasteiger partial charge on any atom is 0.409 e. The summed E-state index contributed by atoms with van der Waals surface area (Å²) in [5.41, 5.74) is 2.51. The number of hydrogen-bond donors (Lipinski definition) is 0. The highest BCUT2D eigenvalue weighted by Gasteiger charge is 2.26. The number of amides is 2. The fourth-order valence-corrected chi connectivity index (χ4v) is 3.32. The molecular weight excluding hydrogens is 370 g/mol. The molecular formula is C21H27N5O3. The Morgan fingerprint density at radius 1 is 1.03 bits per heavy atom. The van der Waals surface area contributed by atoms with Crippen molar-refractivity contribution < 1.29 is 14.3 Å². The summed E-state index contributed by atoms with van der Waals surface area (Å²) in [7, 11) is 0. The lowest BCUT2D eigenvalue weighted by molar-refractivity contribution is 0.0565. The Bertz CT molecular complexity index is 848. The third-order valence-electron chi connectivity index (χ3n) is 4.87. The minimum absolute atomic E-state index is 0.175. The van der Waals surface area contributed by atoms with Crippen molar-refractivity contribution in [2.75, 3.05) is 44.2 Å². The van der Waals surface area contributed by atoms with Gasteiger partial charge in [-0.1, -0.05) is 12.1 Å². The van der Waals surface area contributed by atoms with Gasteiger partial charge in [-0.2, -0.15) is 0 Å². The smallest absolute Gasteiger partial charge is 0.409 e. The van der Waals surface area contributed by atoms with Crippen LogP contribution in [0.25, 0.3) is 0 Å². The first-order chi connectivity index (χ1) is 14.0. The molecule has 0 atom stereocenters. The molecule has 2 aromatic rings. The van der Waals surface area contributed by atoms with Crippen molar-refractivity contribution in [1.82, 2.24) is 20.0 Å². The molecule has 1 aliphatic heterocycles. The standard InChI is InChI=1S/C21H27N5O3/c1-4-26(17-8-6-7-16(3)15-17)19-10-9-18(22-23-19)20(27)24-11-13-25(14-12-24)21(28)29-5-2/h6-10,15H,4-5,11-14H2,1-3H3. The van der Waals surface area contributed by atoms with E-state index in [1.165, 1.54) is 5.56 Å². The quantitative estimate of drug-likeness (QED) is 0.772. The first kappa shape index (κ1) is 20.6. The van der Waals surface area contributed by atoms with Crippen molar-refractivity contribution in [3.05, 3.63) is 47.7 Å². The number of hydrogen-bond acceptors (Lipinski definition) is 6. The zero-order valence-electron chi connectivity index (χ0n) is 17.2. The minimum Gasteiger partial charge on any atom is -0.450 e. The second-order valence-corrected chi connectivity index (χ2v) is 6.84. The van der Waals surface area contributed by atoms with E-state index in [9.17, 15) is 9.59 Å². The van der Waals surface area contributed by atoms with Crippen LogP contribution in [-0.4, -0.2) is 71.3 Å². The molecule has 154 valence electrons. The summed E-state index contributed by atoms with van der Waals surface area (Å²) in [5, 5.41) is 8.45. The topological polar surface area (TPSA) is 78.9 Å². The maximum atomic E-state index is 12.7. The van der Waals surface area contributed by atoms with Crippen LogP contribution < -0.4 is 4.90 Å². The summed E-state index contributed by atoms with van der Waals surface area (Å²) >= 11 is 0. The molecule has 0 saturated carbocycles. The van der Waals surface area contributed by atoms with Crippen molar-refractivity contribution in [3.63, 3.8) is 0 Å². The molecule has 1 saturated heterocycles. The summed E-state index contributed by atoms with van der Waals surface area (Å²) in [6, 6.07) is 11.7. The van der Waals surface area contributed by atoms with Crippen molar-refractivity contribution in [1.29, 1.82) is 0 Å². The Hall–Kier alpha value is -3.16. The zero-order valence-corrected chi connectivity index (χ0v) is 17.2. The number of carbonyl (C=O) groups excluding carboxylic acids is 2. The van der Waals surface area contributed by atoms with E-state index in [1.807, 2.05) is 43.0 Å². The van der Waals surface area contributed by atoms with Crippen LogP contribution >= 0.6 is 0 Å². The van der Waals surface area contributed by atoms with Crippen LogP contribution in [0.5, 0.6) is 0 Å². The van der Waals surface area contributed by atoms with Gasteiger partial charge in [0.1, 0.15) is 0 Å². The van der Waals surface area contributed by atoms with E-state index in [2.05, 4.69) is 16.3 Å². The summed E-state index contributed by atoms with van der Waals surface area (Å²) in [6.45, 7) is 8.76. The van der Waals surface area contributed by atoms with Gasteiger partial charge >= 0.3 is 6.09 Å². The molecule has 29 heavy (non-hydrogen) atoms. The largest absolute Gasteiger partial charge is 0.450 e. The van der Waals surface area contributed by atoms with Crippen LogP contribution in [0.1, 0.15) is 29.9 Å². The Kier molecular flexibility index (Phi) is 6.64. The van der Waals surface area contributed by atoms with Crippen LogP contribution in [-0.2, 0) is 4.74 Å².